The van der Waals surface area contributed by atoms with Gasteiger partial charge in [0.15, 0.2) is 0 Å². The second kappa shape index (κ2) is 6.28. The Balaban J connectivity index is 1.68. The van der Waals surface area contributed by atoms with Gasteiger partial charge >= 0.3 is 0 Å². The van der Waals surface area contributed by atoms with Crippen molar-refractivity contribution in [1.29, 1.82) is 0 Å². The molecule has 0 radical (unpaired) electrons. The lowest BCUT2D eigenvalue weighted by Gasteiger charge is -2.42. The van der Waals surface area contributed by atoms with Crippen LogP contribution in [-0.2, 0) is 11.2 Å². The van der Waals surface area contributed by atoms with Gasteiger partial charge in [-0.2, -0.15) is 0 Å². The summed E-state index contributed by atoms with van der Waals surface area (Å²) in [5.74, 6) is 0.205. The molecule has 0 bridgehead atoms. The maximum absolute atomic E-state index is 12.6. The molecule has 2 aromatic rings. The summed E-state index contributed by atoms with van der Waals surface area (Å²) in [6, 6.07) is 10.0. The maximum atomic E-state index is 12.6. The molecule has 1 aromatic heterocycles. The van der Waals surface area contributed by atoms with Gasteiger partial charge in [0.1, 0.15) is 0 Å². The van der Waals surface area contributed by atoms with Crippen molar-refractivity contribution in [1.82, 2.24) is 14.8 Å². The first-order chi connectivity index (χ1) is 10.9. The van der Waals surface area contributed by atoms with E-state index in [4.69, 9.17) is 0 Å². The third kappa shape index (κ3) is 3.53. The number of fused-ring (bicyclic) bond motifs is 1. The van der Waals surface area contributed by atoms with Crippen LogP contribution in [0.25, 0.3) is 10.9 Å². The fourth-order valence-corrected chi connectivity index (χ4v) is 3.21. The molecule has 1 aromatic carbocycles. The zero-order chi connectivity index (χ0) is 16.4. The summed E-state index contributed by atoms with van der Waals surface area (Å²) in [4.78, 5) is 21.5. The first-order valence-corrected chi connectivity index (χ1v) is 8.30. The van der Waals surface area contributed by atoms with Crippen LogP contribution >= 0.6 is 0 Å². The molecule has 1 amide bonds. The largest absolute Gasteiger partial charge is 0.340 e. The van der Waals surface area contributed by atoms with Gasteiger partial charge in [-0.3, -0.25) is 14.7 Å². The molecular formula is C19H25N3O. The lowest BCUT2D eigenvalue weighted by atomic mass is 10.0. The van der Waals surface area contributed by atoms with E-state index in [2.05, 4.69) is 30.7 Å². The number of amides is 1. The van der Waals surface area contributed by atoms with Crippen molar-refractivity contribution in [3.05, 3.63) is 42.1 Å². The maximum Gasteiger partial charge on any atom is 0.227 e. The molecule has 0 unspecified atom stereocenters. The van der Waals surface area contributed by atoms with Crippen molar-refractivity contribution in [2.24, 2.45) is 0 Å². The highest BCUT2D eigenvalue weighted by atomic mass is 16.2. The van der Waals surface area contributed by atoms with Crippen LogP contribution in [0.15, 0.2) is 36.5 Å². The standard InChI is InChI=1S/C19H25N3O/c1-19(2,3)22-12-10-21(11-13-22)17(23)14-16-7-4-6-15-8-5-9-20-18(15)16/h4-9H,10-14H2,1-3H3. The third-order valence-corrected chi connectivity index (χ3v) is 4.64. The van der Waals surface area contributed by atoms with Gasteiger partial charge in [-0.05, 0) is 32.4 Å². The Kier molecular flexibility index (Phi) is 4.35. The number of pyridine rings is 1. The number of carbonyl (C=O) groups is 1. The van der Waals surface area contributed by atoms with E-state index in [1.807, 2.05) is 35.2 Å². The van der Waals surface area contributed by atoms with E-state index in [1.165, 1.54) is 0 Å². The van der Waals surface area contributed by atoms with Crippen LogP contribution in [0.1, 0.15) is 26.3 Å². The first kappa shape index (κ1) is 15.9. The van der Waals surface area contributed by atoms with Crippen molar-refractivity contribution in [3.63, 3.8) is 0 Å². The number of carbonyl (C=O) groups excluding carboxylic acids is 1. The lowest BCUT2D eigenvalue weighted by Crippen LogP contribution is -2.54. The molecule has 23 heavy (non-hydrogen) atoms. The molecule has 1 fully saturated rings. The molecule has 0 spiro atoms. The number of para-hydroxylation sites is 1. The molecular weight excluding hydrogens is 286 g/mol. The monoisotopic (exact) mass is 311 g/mol. The average molecular weight is 311 g/mol. The molecule has 0 atom stereocenters. The molecule has 4 heteroatoms. The quantitative estimate of drug-likeness (QED) is 0.855. The Morgan fingerprint density at radius 2 is 1.78 bits per heavy atom. The fraction of sp³-hybridized carbons (Fsp3) is 0.474. The number of hydrogen-bond donors (Lipinski definition) is 0. The molecule has 122 valence electrons. The zero-order valence-corrected chi connectivity index (χ0v) is 14.2. The smallest absolute Gasteiger partial charge is 0.227 e. The van der Waals surface area contributed by atoms with Crippen LogP contribution in [-0.4, -0.2) is 52.4 Å². The Hall–Kier alpha value is -1.94. The van der Waals surface area contributed by atoms with E-state index in [0.29, 0.717) is 6.42 Å². The van der Waals surface area contributed by atoms with Crippen LogP contribution in [0, 0.1) is 0 Å². The normalized spacial score (nSPS) is 16.7. The number of aromatic nitrogens is 1. The number of benzene rings is 1. The minimum atomic E-state index is 0.175. The molecule has 1 aliphatic rings. The predicted molar refractivity (Wildman–Crippen MR) is 93.4 cm³/mol. The Labute approximate surface area is 138 Å². The van der Waals surface area contributed by atoms with Gasteiger partial charge in [-0.15, -0.1) is 0 Å². The highest BCUT2D eigenvalue weighted by Gasteiger charge is 2.27. The molecule has 2 heterocycles. The molecule has 0 N–H and O–H groups in total. The van der Waals surface area contributed by atoms with Crippen molar-refractivity contribution in [2.75, 3.05) is 26.2 Å². The van der Waals surface area contributed by atoms with E-state index < -0.39 is 0 Å². The second-order valence-electron chi connectivity index (χ2n) is 7.21. The van der Waals surface area contributed by atoms with Gasteiger partial charge in [0, 0.05) is 43.3 Å². The van der Waals surface area contributed by atoms with E-state index in [-0.39, 0.29) is 11.4 Å². The molecule has 3 rings (SSSR count). The minimum Gasteiger partial charge on any atom is -0.340 e. The van der Waals surface area contributed by atoms with Gasteiger partial charge in [0.25, 0.3) is 0 Å². The van der Waals surface area contributed by atoms with E-state index >= 15 is 0 Å². The summed E-state index contributed by atoms with van der Waals surface area (Å²) >= 11 is 0. The summed E-state index contributed by atoms with van der Waals surface area (Å²) in [5, 5.41) is 1.09. The van der Waals surface area contributed by atoms with Gasteiger partial charge in [-0.25, -0.2) is 0 Å². The Bertz CT molecular complexity index is 692. The Morgan fingerprint density at radius 3 is 2.48 bits per heavy atom. The SMILES string of the molecule is CC(C)(C)N1CCN(C(=O)Cc2cccc3cccnc23)CC1. The number of hydrogen-bond acceptors (Lipinski definition) is 3. The first-order valence-electron chi connectivity index (χ1n) is 8.30. The number of piperazine rings is 1. The highest BCUT2D eigenvalue weighted by Crippen LogP contribution is 2.19. The van der Waals surface area contributed by atoms with Crippen LogP contribution in [0.5, 0.6) is 0 Å². The summed E-state index contributed by atoms with van der Waals surface area (Å²) in [6.45, 7) is 10.2. The summed E-state index contributed by atoms with van der Waals surface area (Å²) in [7, 11) is 0. The fourth-order valence-electron chi connectivity index (χ4n) is 3.21. The predicted octanol–water partition coefficient (Wildman–Crippen LogP) is 2.72. The lowest BCUT2D eigenvalue weighted by molar-refractivity contribution is -0.133. The molecule has 4 nitrogen and oxygen atoms in total. The minimum absolute atomic E-state index is 0.175. The van der Waals surface area contributed by atoms with Gasteiger partial charge in [-0.1, -0.05) is 24.3 Å². The van der Waals surface area contributed by atoms with Crippen LogP contribution in [0.3, 0.4) is 0 Å². The number of rotatable bonds is 2. The third-order valence-electron chi connectivity index (χ3n) is 4.64. The van der Waals surface area contributed by atoms with Crippen molar-refractivity contribution in [2.45, 2.75) is 32.7 Å². The Morgan fingerprint density at radius 1 is 1.09 bits per heavy atom. The average Bonchev–Trinajstić information content (AvgIpc) is 2.54. The molecule has 1 aliphatic heterocycles. The zero-order valence-electron chi connectivity index (χ0n) is 14.2. The highest BCUT2D eigenvalue weighted by molar-refractivity contribution is 5.87. The van der Waals surface area contributed by atoms with Crippen LogP contribution < -0.4 is 0 Å². The van der Waals surface area contributed by atoms with Crippen LogP contribution in [0.2, 0.25) is 0 Å². The molecule has 0 aliphatic carbocycles. The summed E-state index contributed by atoms with van der Waals surface area (Å²) in [6.07, 6.45) is 2.22. The van der Waals surface area contributed by atoms with E-state index in [0.717, 1.165) is 42.6 Å². The summed E-state index contributed by atoms with van der Waals surface area (Å²) in [5.41, 5.74) is 2.14. The van der Waals surface area contributed by atoms with Crippen LogP contribution in [0.4, 0.5) is 0 Å². The van der Waals surface area contributed by atoms with Gasteiger partial charge in [0.05, 0.1) is 11.9 Å². The second-order valence-corrected chi connectivity index (χ2v) is 7.21. The summed E-state index contributed by atoms with van der Waals surface area (Å²) < 4.78 is 0. The van der Waals surface area contributed by atoms with Crippen molar-refractivity contribution < 1.29 is 4.79 Å². The van der Waals surface area contributed by atoms with Gasteiger partial charge < -0.3 is 4.90 Å². The molecule has 0 saturated carbocycles. The van der Waals surface area contributed by atoms with E-state index in [9.17, 15) is 4.79 Å². The number of nitrogens with zero attached hydrogens (tertiary/aromatic N) is 3. The molecule has 1 saturated heterocycles. The van der Waals surface area contributed by atoms with Gasteiger partial charge in [0.2, 0.25) is 5.91 Å². The topological polar surface area (TPSA) is 36.4 Å². The van der Waals surface area contributed by atoms with E-state index in [1.54, 1.807) is 6.20 Å². The van der Waals surface area contributed by atoms with Crippen molar-refractivity contribution >= 4 is 16.8 Å². The van der Waals surface area contributed by atoms with Crippen molar-refractivity contribution in [3.8, 4) is 0 Å².